The van der Waals surface area contributed by atoms with Gasteiger partial charge in [0.05, 0.1) is 22.0 Å². The standard InChI is InChI=1S/C24H17Cl3N4O2/c25-19-5-2-1-4-16(19)14-33-17-10-8-15(9-11-17)22-12-23(30-29-22)24(32)31-28-13-18-20(26)6-3-7-21(18)27/h1-13H,14H2,(H,29,30)(H,31,32)/b28-13+. The third-order valence-corrected chi connectivity index (χ3v) is 5.71. The third-order valence-electron chi connectivity index (χ3n) is 4.68. The van der Waals surface area contributed by atoms with E-state index in [0.717, 1.165) is 11.1 Å². The van der Waals surface area contributed by atoms with Gasteiger partial charge in [-0.05, 0) is 48.5 Å². The molecule has 0 saturated heterocycles. The van der Waals surface area contributed by atoms with Gasteiger partial charge in [-0.1, -0.05) is 59.1 Å². The van der Waals surface area contributed by atoms with Crippen molar-refractivity contribution >= 4 is 46.9 Å². The molecule has 1 heterocycles. The van der Waals surface area contributed by atoms with E-state index in [1.165, 1.54) is 6.21 Å². The molecule has 0 spiro atoms. The summed E-state index contributed by atoms with van der Waals surface area (Å²) in [5.41, 5.74) is 5.53. The van der Waals surface area contributed by atoms with Crippen molar-refractivity contribution in [2.45, 2.75) is 6.61 Å². The molecule has 33 heavy (non-hydrogen) atoms. The van der Waals surface area contributed by atoms with E-state index in [-0.39, 0.29) is 5.69 Å². The van der Waals surface area contributed by atoms with Crippen molar-refractivity contribution in [1.29, 1.82) is 0 Å². The number of aromatic nitrogens is 2. The first-order chi connectivity index (χ1) is 16.0. The molecule has 2 N–H and O–H groups in total. The number of benzene rings is 3. The highest BCUT2D eigenvalue weighted by molar-refractivity contribution is 6.38. The van der Waals surface area contributed by atoms with Crippen LogP contribution in [0.4, 0.5) is 0 Å². The highest BCUT2D eigenvalue weighted by Gasteiger charge is 2.11. The van der Waals surface area contributed by atoms with Crippen molar-refractivity contribution in [3.8, 4) is 17.0 Å². The van der Waals surface area contributed by atoms with Crippen LogP contribution in [0.3, 0.4) is 0 Å². The second kappa shape index (κ2) is 10.5. The normalized spacial score (nSPS) is 11.0. The van der Waals surface area contributed by atoms with Crippen LogP contribution in [0.25, 0.3) is 11.3 Å². The van der Waals surface area contributed by atoms with Crippen molar-refractivity contribution in [2.24, 2.45) is 5.10 Å². The Hall–Kier alpha value is -3.32. The number of ether oxygens (including phenoxy) is 1. The maximum atomic E-state index is 12.4. The Kier molecular flexibility index (Phi) is 7.29. The van der Waals surface area contributed by atoms with Crippen molar-refractivity contribution in [3.05, 3.63) is 105 Å². The van der Waals surface area contributed by atoms with Gasteiger partial charge < -0.3 is 4.74 Å². The molecule has 4 rings (SSSR count). The molecule has 6 nitrogen and oxygen atoms in total. The third kappa shape index (κ3) is 5.73. The van der Waals surface area contributed by atoms with Crippen molar-refractivity contribution in [3.63, 3.8) is 0 Å². The van der Waals surface area contributed by atoms with Crippen LogP contribution >= 0.6 is 34.8 Å². The monoisotopic (exact) mass is 498 g/mol. The van der Waals surface area contributed by atoms with Gasteiger partial charge in [0, 0.05) is 21.7 Å². The molecule has 9 heteroatoms. The molecule has 0 aliphatic heterocycles. The van der Waals surface area contributed by atoms with E-state index < -0.39 is 5.91 Å². The number of hydrogen-bond donors (Lipinski definition) is 2. The van der Waals surface area contributed by atoms with Crippen molar-refractivity contribution in [2.75, 3.05) is 0 Å². The molecule has 0 fully saturated rings. The number of carbonyl (C=O) groups is 1. The van der Waals surface area contributed by atoms with Gasteiger partial charge in [0.2, 0.25) is 0 Å². The van der Waals surface area contributed by atoms with Crippen LogP contribution < -0.4 is 10.2 Å². The van der Waals surface area contributed by atoms with Gasteiger partial charge in [-0.2, -0.15) is 10.2 Å². The van der Waals surface area contributed by atoms with Crippen LogP contribution in [0.1, 0.15) is 21.6 Å². The Morgan fingerprint density at radius 2 is 1.67 bits per heavy atom. The Morgan fingerprint density at radius 3 is 2.39 bits per heavy atom. The van der Waals surface area contributed by atoms with Gasteiger partial charge in [-0.25, -0.2) is 5.43 Å². The predicted octanol–water partition coefficient (Wildman–Crippen LogP) is 6.38. The first kappa shape index (κ1) is 22.9. The first-order valence-electron chi connectivity index (χ1n) is 9.81. The molecule has 0 saturated carbocycles. The van der Waals surface area contributed by atoms with Crippen LogP contribution in [-0.4, -0.2) is 22.3 Å². The largest absolute Gasteiger partial charge is 0.489 e. The molecule has 0 bridgehead atoms. The van der Waals surface area contributed by atoms with Crippen LogP contribution in [-0.2, 0) is 6.61 Å². The number of H-pyrrole nitrogens is 1. The summed E-state index contributed by atoms with van der Waals surface area (Å²) in [4.78, 5) is 12.4. The number of nitrogens with one attached hydrogen (secondary N) is 2. The fourth-order valence-electron chi connectivity index (χ4n) is 2.93. The summed E-state index contributed by atoms with van der Waals surface area (Å²) in [6.45, 7) is 0.367. The zero-order valence-corrected chi connectivity index (χ0v) is 19.3. The Morgan fingerprint density at radius 1 is 0.970 bits per heavy atom. The number of rotatable bonds is 7. The second-order valence-electron chi connectivity index (χ2n) is 6.91. The van der Waals surface area contributed by atoms with Gasteiger partial charge >= 0.3 is 0 Å². The molecule has 0 unspecified atom stereocenters. The zero-order chi connectivity index (χ0) is 23.2. The number of nitrogens with zero attached hydrogens (tertiary/aromatic N) is 2. The lowest BCUT2D eigenvalue weighted by Crippen LogP contribution is -2.18. The molecule has 1 amide bonds. The summed E-state index contributed by atoms with van der Waals surface area (Å²) in [6, 6.07) is 21.6. The first-order valence-corrected chi connectivity index (χ1v) is 10.9. The van der Waals surface area contributed by atoms with Gasteiger partial charge in [0.25, 0.3) is 5.91 Å². The molecule has 4 aromatic rings. The van der Waals surface area contributed by atoms with E-state index in [4.69, 9.17) is 39.5 Å². The number of carbonyl (C=O) groups excluding carboxylic acids is 1. The van der Waals surface area contributed by atoms with Gasteiger partial charge in [-0.15, -0.1) is 0 Å². The minimum atomic E-state index is -0.451. The molecule has 0 aliphatic carbocycles. The molecule has 3 aromatic carbocycles. The topological polar surface area (TPSA) is 79.4 Å². The zero-order valence-electron chi connectivity index (χ0n) is 17.1. The maximum Gasteiger partial charge on any atom is 0.289 e. The Balaban J connectivity index is 1.37. The minimum absolute atomic E-state index is 0.256. The van der Waals surface area contributed by atoms with Gasteiger partial charge in [0.15, 0.2) is 0 Å². The summed E-state index contributed by atoms with van der Waals surface area (Å²) in [5, 5.41) is 12.4. The molecular weight excluding hydrogens is 483 g/mol. The molecule has 0 atom stereocenters. The van der Waals surface area contributed by atoms with Crippen LogP contribution in [0.5, 0.6) is 5.75 Å². The lowest BCUT2D eigenvalue weighted by atomic mass is 10.1. The van der Waals surface area contributed by atoms with E-state index in [1.807, 2.05) is 48.5 Å². The Bertz CT molecular complexity index is 1280. The van der Waals surface area contributed by atoms with Crippen LogP contribution in [0.2, 0.25) is 15.1 Å². The number of aromatic amines is 1. The van der Waals surface area contributed by atoms with Gasteiger partial charge in [-0.3, -0.25) is 9.89 Å². The predicted molar refractivity (Wildman–Crippen MR) is 131 cm³/mol. The number of hydrogen-bond acceptors (Lipinski definition) is 4. The van der Waals surface area contributed by atoms with Crippen LogP contribution in [0.15, 0.2) is 77.9 Å². The highest BCUT2D eigenvalue weighted by atomic mass is 35.5. The van der Waals surface area contributed by atoms with E-state index in [1.54, 1.807) is 24.3 Å². The van der Waals surface area contributed by atoms with Crippen molar-refractivity contribution < 1.29 is 9.53 Å². The second-order valence-corrected chi connectivity index (χ2v) is 8.13. The lowest BCUT2D eigenvalue weighted by molar-refractivity contribution is 0.0950. The summed E-state index contributed by atoms with van der Waals surface area (Å²) in [6.07, 6.45) is 1.39. The SMILES string of the molecule is O=C(N/N=C/c1c(Cl)cccc1Cl)c1cc(-c2ccc(OCc3ccccc3Cl)cc2)n[nH]1. The van der Waals surface area contributed by atoms with E-state index in [0.29, 0.717) is 38.7 Å². The number of amides is 1. The van der Waals surface area contributed by atoms with E-state index in [9.17, 15) is 4.79 Å². The molecular formula is C24H17Cl3N4O2. The summed E-state index contributed by atoms with van der Waals surface area (Å²) in [7, 11) is 0. The fourth-order valence-corrected chi connectivity index (χ4v) is 3.62. The van der Waals surface area contributed by atoms with Gasteiger partial charge in [0.1, 0.15) is 18.1 Å². The fraction of sp³-hybridized carbons (Fsp3) is 0.0417. The summed E-state index contributed by atoms with van der Waals surface area (Å²) >= 11 is 18.3. The quantitative estimate of drug-likeness (QED) is 0.229. The average Bonchev–Trinajstić information content (AvgIpc) is 3.31. The van der Waals surface area contributed by atoms with E-state index in [2.05, 4.69) is 20.7 Å². The highest BCUT2D eigenvalue weighted by Crippen LogP contribution is 2.24. The van der Waals surface area contributed by atoms with E-state index >= 15 is 0 Å². The maximum absolute atomic E-state index is 12.4. The molecule has 0 aliphatic rings. The summed E-state index contributed by atoms with van der Waals surface area (Å²) in [5.74, 6) is 0.243. The molecule has 0 radical (unpaired) electrons. The smallest absolute Gasteiger partial charge is 0.289 e. The Labute approximate surface area is 205 Å². The average molecular weight is 500 g/mol. The number of halogens is 3. The van der Waals surface area contributed by atoms with Crippen molar-refractivity contribution in [1.82, 2.24) is 15.6 Å². The van der Waals surface area contributed by atoms with Crippen LogP contribution in [0, 0.1) is 0 Å². The number of hydrazone groups is 1. The summed E-state index contributed by atoms with van der Waals surface area (Å²) < 4.78 is 5.79. The molecule has 1 aromatic heterocycles. The molecule has 166 valence electrons. The minimum Gasteiger partial charge on any atom is -0.489 e. The lowest BCUT2D eigenvalue weighted by Gasteiger charge is -2.08.